The molecular weight excluding hydrogens is 443 g/mol. The van der Waals surface area contributed by atoms with Gasteiger partial charge in [-0.1, -0.05) is 48.0 Å². The summed E-state index contributed by atoms with van der Waals surface area (Å²) in [6.07, 6.45) is -4.03. The molecule has 0 radical (unpaired) electrons. The minimum atomic E-state index is -4.74. The molecule has 0 aromatic heterocycles. The fraction of sp³-hybridized carbons (Fsp3) is 0.0435. The lowest BCUT2D eigenvalue weighted by atomic mass is 10.1. The molecule has 0 bridgehead atoms. The van der Waals surface area contributed by atoms with Crippen molar-refractivity contribution in [3.63, 3.8) is 0 Å². The Labute approximate surface area is 186 Å². The molecule has 0 heterocycles. The van der Waals surface area contributed by atoms with Crippen LogP contribution in [0.4, 0.5) is 24.5 Å². The molecule has 0 aliphatic carbocycles. The molecule has 164 valence electrons. The minimum absolute atomic E-state index is 0.0828. The molecule has 1 amide bonds. The average molecular weight is 460 g/mol. The van der Waals surface area contributed by atoms with Gasteiger partial charge in [0.2, 0.25) is 0 Å². The molecule has 4 N–H and O–H groups in total. The van der Waals surface area contributed by atoms with E-state index in [0.717, 1.165) is 0 Å². The van der Waals surface area contributed by atoms with Crippen LogP contribution in [-0.2, 0) is 0 Å². The highest BCUT2D eigenvalue weighted by molar-refractivity contribution is 6.33. The summed E-state index contributed by atoms with van der Waals surface area (Å²) in [5.74, 6) is -0.604. The van der Waals surface area contributed by atoms with E-state index in [0.29, 0.717) is 6.08 Å². The van der Waals surface area contributed by atoms with E-state index in [1.54, 1.807) is 36.4 Å². The molecule has 3 rings (SSSR count). The van der Waals surface area contributed by atoms with Crippen LogP contribution in [0.15, 0.2) is 89.6 Å². The molecule has 0 saturated heterocycles. The van der Waals surface area contributed by atoms with E-state index in [1.807, 2.05) is 0 Å². The Balaban J connectivity index is 1.95. The Bertz CT molecular complexity index is 1190. The van der Waals surface area contributed by atoms with Crippen LogP contribution in [-0.4, -0.2) is 22.9 Å². The zero-order chi connectivity index (χ0) is 23.3. The summed E-state index contributed by atoms with van der Waals surface area (Å²) in [6, 6.07) is 18.3. The molecule has 0 aliphatic heterocycles. The van der Waals surface area contributed by atoms with E-state index < -0.39 is 17.8 Å². The number of phenols is 1. The summed E-state index contributed by atoms with van der Waals surface area (Å²) in [5.41, 5.74) is 4.78. The number of amides is 1. The van der Waals surface area contributed by atoms with Crippen LogP contribution in [0.25, 0.3) is 0 Å². The second kappa shape index (κ2) is 9.57. The smallest absolute Gasteiger partial charge is 0.430 e. The Morgan fingerprint density at radius 1 is 0.969 bits per heavy atom. The van der Waals surface area contributed by atoms with Gasteiger partial charge in [0.05, 0.1) is 22.1 Å². The number of hydrogen-bond donors (Lipinski definition) is 3. The lowest BCUT2D eigenvalue weighted by Crippen LogP contribution is -2.21. The van der Waals surface area contributed by atoms with Gasteiger partial charge in [-0.05, 0) is 42.5 Å². The number of anilines is 1. The number of carbonyl (C=O) groups is 1. The maximum atomic E-state index is 13.0. The van der Waals surface area contributed by atoms with Crippen LogP contribution in [0.2, 0.25) is 5.02 Å². The van der Waals surface area contributed by atoms with E-state index in [9.17, 15) is 23.1 Å². The number of nitrogens with two attached hydrogens (primary N) is 1. The summed E-state index contributed by atoms with van der Waals surface area (Å²) in [6.45, 7) is 0. The topological polar surface area (TPSA) is 87.7 Å². The largest absolute Gasteiger partial charge is 0.506 e. The van der Waals surface area contributed by atoms with Crippen molar-refractivity contribution in [2.45, 2.75) is 6.18 Å². The van der Waals surface area contributed by atoms with Gasteiger partial charge >= 0.3 is 6.18 Å². The number of phenolic OH excluding ortho intramolecular Hbond substituents is 1. The van der Waals surface area contributed by atoms with E-state index in [2.05, 4.69) is 10.3 Å². The summed E-state index contributed by atoms with van der Waals surface area (Å²) in [4.78, 5) is 16.7. The van der Waals surface area contributed by atoms with Crippen molar-refractivity contribution in [2.75, 3.05) is 5.32 Å². The molecule has 0 spiro atoms. The first-order chi connectivity index (χ1) is 15.1. The molecule has 0 fully saturated rings. The highest BCUT2D eigenvalue weighted by Crippen LogP contribution is 2.27. The van der Waals surface area contributed by atoms with Crippen LogP contribution in [0.3, 0.4) is 0 Å². The van der Waals surface area contributed by atoms with Gasteiger partial charge in [-0.15, -0.1) is 0 Å². The van der Waals surface area contributed by atoms with Gasteiger partial charge in [-0.3, -0.25) is 4.79 Å². The third-order valence-electron chi connectivity index (χ3n) is 4.31. The maximum Gasteiger partial charge on any atom is 0.430 e. The number of halogens is 4. The summed E-state index contributed by atoms with van der Waals surface area (Å²) < 4.78 is 39.0. The Hall–Kier alpha value is -3.78. The molecule has 9 heteroatoms. The molecule has 0 atom stereocenters. The number of carbonyl (C=O) groups excluding carboxylic acids is 1. The number of benzene rings is 3. The highest BCUT2D eigenvalue weighted by Gasteiger charge is 2.31. The van der Waals surface area contributed by atoms with Crippen LogP contribution in [0.1, 0.15) is 15.9 Å². The van der Waals surface area contributed by atoms with Crippen LogP contribution >= 0.6 is 11.6 Å². The average Bonchev–Trinajstić information content (AvgIpc) is 2.75. The van der Waals surface area contributed by atoms with E-state index in [-0.39, 0.29) is 39.0 Å². The van der Waals surface area contributed by atoms with Crippen molar-refractivity contribution in [2.24, 2.45) is 10.7 Å². The number of nitrogens with zero attached hydrogens (tertiary/aromatic N) is 1. The Morgan fingerprint density at radius 3 is 2.19 bits per heavy atom. The first-order valence-electron chi connectivity index (χ1n) is 9.22. The quantitative estimate of drug-likeness (QED) is 0.331. The maximum absolute atomic E-state index is 13.0. The monoisotopic (exact) mass is 459 g/mol. The second-order valence-electron chi connectivity index (χ2n) is 6.59. The molecule has 0 saturated carbocycles. The van der Waals surface area contributed by atoms with E-state index in [4.69, 9.17) is 17.3 Å². The van der Waals surface area contributed by atoms with Crippen LogP contribution in [0.5, 0.6) is 5.75 Å². The standard InChI is InChI=1S/C23H17ClF3N3O2/c24-16-5-1-2-6-17(16)29-19(13-21(28)23(25,26)27)14-9-11-15(12-10-14)22(32)30-18-7-3-4-8-20(18)31/h1-13,31H,28H2,(H,30,32)/b21-13-,29-19?. The van der Waals surface area contributed by atoms with Gasteiger partial charge in [0.15, 0.2) is 0 Å². The number of allylic oxidation sites excluding steroid dienone is 2. The third kappa shape index (κ3) is 5.67. The predicted octanol–water partition coefficient (Wildman–Crippen LogP) is 5.82. The van der Waals surface area contributed by atoms with Gasteiger partial charge in [0.1, 0.15) is 11.4 Å². The lowest BCUT2D eigenvalue weighted by molar-refractivity contribution is -0.0925. The minimum Gasteiger partial charge on any atom is -0.506 e. The normalized spacial score (nSPS) is 12.5. The van der Waals surface area contributed by atoms with Gasteiger partial charge < -0.3 is 16.2 Å². The van der Waals surface area contributed by atoms with Gasteiger partial charge in [0.25, 0.3) is 5.91 Å². The fourth-order valence-electron chi connectivity index (χ4n) is 2.65. The van der Waals surface area contributed by atoms with Crippen LogP contribution < -0.4 is 11.1 Å². The SMILES string of the molecule is N/C(=C\C(=Nc1ccccc1Cl)c1ccc(C(=O)Nc2ccccc2O)cc1)C(F)(F)F. The number of hydrogen-bond acceptors (Lipinski definition) is 4. The first-order valence-corrected chi connectivity index (χ1v) is 9.60. The molecule has 3 aromatic carbocycles. The Kier molecular flexibility index (Phi) is 6.85. The van der Waals surface area contributed by atoms with Crippen molar-refractivity contribution in [3.8, 4) is 5.75 Å². The van der Waals surface area contributed by atoms with Gasteiger partial charge in [-0.2, -0.15) is 13.2 Å². The van der Waals surface area contributed by atoms with Crippen LogP contribution in [0, 0.1) is 0 Å². The zero-order valence-corrected chi connectivity index (χ0v) is 17.2. The summed E-state index contributed by atoms with van der Waals surface area (Å²) >= 11 is 6.08. The summed E-state index contributed by atoms with van der Waals surface area (Å²) in [5, 5.41) is 12.6. The number of aromatic hydroxyl groups is 1. The Morgan fingerprint density at radius 2 is 1.56 bits per heavy atom. The molecule has 0 aliphatic rings. The fourth-order valence-corrected chi connectivity index (χ4v) is 2.83. The predicted molar refractivity (Wildman–Crippen MR) is 118 cm³/mol. The molecule has 3 aromatic rings. The molecular formula is C23H17ClF3N3O2. The zero-order valence-electron chi connectivity index (χ0n) is 16.4. The number of para-hydroxylation sites is 3. The molecule has 32 heavy (non-hydrogen) atoms. The van der Waals surface area contributed by atoms with E-state index in [1.165, 1.54) is 36.4 Å². The van der Waals surface area contributed by atoms with Crippen molar-refractivity contribution in [3.05, 3.63) is 101 Å². The second-order valence-corrected chi connectivity index (χ2v) is 7.00. The van der Waals surface area contributed by atoms with Gasteiger partial charge in [0, 0.05) is 11.1 Å². The highest BCUT2D eigenvalue weighted by atomic mass is 35.5. The number of aliphatic imine (C=N–C) groups is 1. The first kappa shape index (κ1) is 22.9. The lowest BCUT2D eigenvalue weighted by Gasteiger charge is -2.10. The third-order valence-corrected chi connectivity index (χ3v) is 4.63. The van der Waals surface area contributed by atoms with Crippen molar-refractivity contribution >= 4 is 34.6 Å². The van der Waals surface area contributed by atoms with Crippen molar-refractivity contribution in [1.29, 1.82) is 0 Å². The summed E-state index contributed by atoms with van der Waals surface area (Å²) in [7, 11) is 0. The van der Waals surface area contributed by atoms with Gasteiger partial charge in [-0.25, -0.2) is 4.99 Å². The van der Waals surface area contributed by atoms with E-state index >= 15 is 0 Å². The number of alkyl halides is 3. The number of nitrogens with one attached hydrogen (secondary N) is 1. The van der Waals surface area contributed by atoms with Crippen molar-refractivity contribution in [1.82, 2.24) is 0 Å². The number of rotatable bonds is 5. The molecule has 5 nitrogen and oxygen atoms in total. The molecule has 0 unspecified atom stereocenters. The van der Waals surface area contributed by atoms with Crippen molar-refractivity contribution < 1.29 is 23.1 Å².